The Hall–Kier alpha value is -2.62. The number of benzene rings is 1. The molecule has 0 radical (unpaired) electrons. The van der Waals surface area contributed by atoms with E-state index in [1.165, 1.54) is 0 Å². The van der Waals surface area contributed by atoms with Crippen molar-refractivity contribution >= 4 is 23.6 Å². The Morgan fingerprint density at radius 1 is 0.833 bits per heavy atom. The Morgan fingerprint density at radius 2 is 1.56 bits per heavy atom. The normalized spacial score (nSPS) is 30.3. The number of carbonyl (C=O) groups excluding carboxylic acids is 4. The van der Waals surface area contributed by atoms with Crippen LogP contribution in [0.1, 0.15) is 83.6 Å². The molecule has 4 fully saturated rings. The first-order valence-corrected chi connectivity index (χ1v) is 13.4. The van der Waals surface area contributed by atoms with Gasteiger partial charge >= 0.3 is 0 Å². The molecule has 4 amide bonds. The summed E-state index contributed by atoms with van der Waals surface area (Å²) >= 11 is 0. The Morgan fingerprint density at radius 3 is 2.28 bits per heavy atom. The molecule has 9 nitrogen and oxygen atoms in total. The van der Waals surface area contributed by atoms with Crippen LogP contribution in [0, 0.1) is 0 Å². The van der Waals surface area contributed by atoms with Gasteiger partial charge in [-0.05, 0) is 94.7 Å². The van der Waals surface area contributed by atoms with Gasteiger partial charge in [-0.25, -0.2) is 0 Å². The molecule has 5 aliphatic rings. The van der Waals surface area contributed by atoms with E-state index in [0.29, 0.717) is 35.3 Å². The van der Waals surface area contributed by atoms with E-state index in [-0.39, 0.29) is 18.7 Å². The fraction of sp³-hybridized carbons (Fsp3) is 0.630. The lowest BCUT2D eigenvalue weighted by atomic mass is 9.83. The maximum Gasteiger partial charge on any atom is 0.262 e. The van der Waals surface area contributed by atoms with E-state index < -0.39 is 23.8 Å². The van der Waals surface area contributed by atoms with Crippen LogP contribution in [0.15, 0.2) is 18.2 Å². The van der Waals surface area contributed by atoms with Crippen molar-refractivity contribution in [3.05, 3.63) is 34.9 Å². The average molecular weight is 495 g/mol. The van der Waals surface area contributed by atoms with Gasteiger partial charge in [0.15, 0.2) is 0 Å². The highest BCUT2D eigenvalue weighted by molar-refractivity contribution is 6.23. The molecule has 9 heteroatoms. The third kappa shape index (κ3) is 4.37. The molecular formula is C27H34N4O5. The molecule has 1 atom stereocenters. The van der Waals surface area contributed by atoms with Crippen molar-refractivity contribution in [1.29, 1.82) is 0 Å². The second-order valence-corrected chi connectivity index (χ2v) is 10.9. The van der Waals surface area contributed by atoms with E-state index in [0.717, 1.165) is 75.2 Å². The molecule has 1 saturated carbocycles. The van der Waals surface area contributed by atoms with Crippen molar-refractivity contribution in [1.82, 2.24) is 20.4 Å². The van der Waals surface area contributed by atoms with Gasteiger partial charge in [-0.15, -0.1) is 0 Å². The minimum Gasteiger partial charge on any atom is -0.375 e. The predicted octanol–water partition coefficient (Wildman–Crippen LogP) is 1.57. The van der Waals surface area contributed by atoms with Gasteiger partial charge in [0.05, 0.1) is 23.3 Å². The van der Waals surface area contributed by atoms with Crippen molar-refractivity contribution in [3.63, 3.8) is 0 Å². The summed E-state index contributed by atoms with van der Waals surface area (Å²) in [5.41, 5.74) is 1.81. The van der Waals surface area contributed by atoms with E-state index in [4.69, 9.17) is 4.74 Å². The lowest BCUT2D eigenvalue weighted by Gasteiger charge is -2.46. The van der Waals surface area contributed by atoms with E-state index in [9.17, 15) is 19.2 Å². The van der Waals surface area contributed by atoms with Crippen LogP contribution < -0.4 is 10.6 Å². The molecule has 1 aromatic carbocycles. The van der Waals surface area contributed by atoms with Crippen LogP contribution in [0.2, 0.25) is 0 Å². The molecule has 0 bridgehead atoms. The summed E-state index contributed by atoms with van der Waals surface area (Å²) in [6.07, 6.45) is 7.65. The summed E-state index contributed by atoms with van der Waals surface area (Å²) in [4.78, 5) is 53.5. The largest absolute Gasteiger partial charge is 0.375 e. The number of nitrogens with zero attached hydrogens (tertiary/aromatic N) is 2. The van der Waals surface area contributed by atoms with E-state index >= 15 is 0 Å². The molecule has 4 heterocycles. The quantitative estimate of drug-likeness (QED) is 0.598. The molecule has 1 aliphatic carbocycles. The molecule has 6 rings (SSSR count). The first-order chi connectivity index (χ1) is 17.5. The van der Waals surface area contributed by atoms with Gasteiger partial charge < -0.3 is 15.0 Å². The number of carbonyl (C=O) groups is 4. The van der Waals surface area contributed by atoms with Crippen LogP contribution in [0.3, 0.4) is 0 Å². The Bertz CT molecular complexity index is 1070. The third-order valence-corrected chi connectivity index (χ3v) is 8.72. The summed E-state index contributed by atoms with van der Waals surface area (Å²) in [5, 5.41) is 5.63. The smallest absolute Gasteiger partial charge is 0.262 e. The zero-order valence-corrected chi connectivity index (χ0v) is 20.5. The van der Waals surface area contributed by atoms with Crippen LogP contribution in [0.25, 0.3) is 0 Å². The van der Waals surface area contributed by atoms with Gasteiger partial charge in [-0.3, -0.25) is 29.4 Å². The maximum atomic E-state index is 13.1. The lowest BCUT2D eigenvalue weighted by molar-refractivity contribution is -0.136. The zero-order valence-electron chi connectivity index (χ0n) is 20.5. The number of nitrogens with one attached hydrogen (secondary N) is 2. The van der Waals surface area contributed by atoms with Crippen LogP contribution in [-0.2, 0) is 14.3 Å². The molecular weight excluding hydrogens is 460 g/mol. The monoisotopic (exact) mass is 494 g/mol. The van der Waals surface area contributed by atoms with Crippen LogP contribution in [-0.4, -0.2) is 83.9 Å². The Labute approximate surface area is 210 Å². The van der Waals surface area contributed by atoms with Crippen molar-refractivity contribution in [3.8, 4) is 0 Å². The summed E-state index contributed by atoms with van der Waals surface area (Å²) in [5.74, 6) is -1.47. The minimum absolute atomic E-state index is 0.125. The molecule has 36 heavy (non-hydrogen) atoms. The van der Waals surface area contributed by atoms with Crippen LogP contribution in [0.4, 0.5) is 0 Å². The van der Waals surface area contributed by atoms with Gasteiger partial charge in [-0.1, -0.05) is 6.07 Å². The van der Waals surface area contributed by atoms with Gasteiger partial charge in [-0.2, -0.15) is 0 Å². The fourth-order valence-electron chi connectivity index (χ4n) is 6.49. The van der Waals surface area contributed by atoms with Crippen molar-refractivity contribution < 1.29 is 23.9 Å². The number of ether oxygens (including phenoxy) is 1. The number of fused-ring (bicyclic) bond motifs is 1. The third-order valence-electron chi connectivity index (χ3n) is 8.72. The number of hydrogen-bond acceptors (Lipinski definition) is 7. The topological polar surface area (TPSA) is 108 Å². The average Bonchev–Trinajstić information content (AvgIpc) is 3.11. The molecule has 1 unspecified atom stereocenters. The fourth-order valence-corrected chi connectivity index (χ4v) is 6.49. The van der Waals surface area contributed by atoms with Gasteiger partial charge in [0.2, 0.25) is 11.8 Å². The number of amides is 4. The van der Waals surface area contributed by atoms with Crippen LogP contribution in [0.5, 0.6) is 0 Å². The van der Waals surface area contributed by atoms with Crippen molar-refractivity contribution in [2.45, 2.75) is 81.6 Å². The van der Waals surface area contributed by atoms with Gasteiger partial charge in [0.1, 0.15) is 6.04 Å². The second-order valence-electron chi connectivity index (χ2n) is 10.9. The molecule has 0 spiro atoms. The number of rotatable bonds is 5. The Balaban J connectivity index is 1.04. The number of hydrogen-bond donors (Lipinski definition) is 2. The number of likely N-dealkylation sites (tertiary alicyclic amines) is 1. The summed E-state index contributed by atoms with van der Waals surface area (Å²) in [7, 11) is 0. The Kier molecular flexibility index (Phi) is 6.39. The molecule has 192 valence electrons. The molecule has 2 N–H and O–H groups in total. The molecule has 1 aromatic rings. The molecule has 4 aliphatic heterocycles. The summed E-state index contributed by atoms with van der Waals surface area (Å²) in [6, 6.07) is 5.24. The first kappa shape index (κ1) is 23.8. The number of imide groups is 2. The SMILES string of the molecule is O=C1CCC(N2C(=O)c3ccc(C4CCN([C@H]5C[C@H](OC6CCNCC6)C5)CC4)cc3C2=O)C(=O)N1. The van der Waals surface area contributed by atoms with E-state index in [1.54, 1.807) is 6.07 Å². The highest BCUT2D eigenvalue weighted by Gasteiger charge is 2.45. The van der Waals surface area contributed by atoms with Gasteiger partial charge in [0, 0.05) is 12.5 Å². The second kappa shape index (κ2) is 9.68. The summed E-state index contributed by atoms with van der Waals surface area (Å²) < 4.78 is 6.29. The van der Waals surface area contributed by atoms with Crippen LogP contribution >= 0.6 is 0 Å². The standard InChI is InChI=1S/C27H34N4O5/c32-24-4-3-23(25(33)29-24)31-26(34)21-2-1-17(13-22(21)27(31)35)16-7-11-30(12-8-16)18-14-20(15-18)36-19-5-9-28-10-6-19/h1-2,13,16,18-20,23,28H,3-12,14-15H2,(H,29,32,33)/t18-,20-,23?. The molecule has 0 aromatic heterocycles. The van der Waals surface area contributed by atoms with E-state index in [1.807, 2.05) is 12.1 Å². The highest BCUT2D eigenvalue weighted by Crippen LogP contribution is 2.37. The van der Waals surface area contributed by atoms with E-state index in [2.05, 4.69) is 15.5 Å². The predicted molar refractivity (Wildman–Crippen MR) is 130 cm³/mol. The first-order valence-electron chi connectivity index (χ1n) is 13.4. The highest BCUT2D eigenvalue weighted by atomic mass is 16.5. The minimum atomic E-state index is -0.924. The van der Waals surface area contributed by atoms with Crippen molar-refractivity contribution in [2.24, 2.45) is 0 Å². The maximum absolute atomic E-state index is 13.1. The van der Waals surface area contributed by atoms with Gasteiger partial charge in [0.25, 0.3) is 11.8 Å². The molecule has 3 saturated heterocycles. The lowest BCUT2D eigenvalue weighted by Crippen LogP contribution is -2.54. The van der Waals surface area contributed by atoms with Crippen molar-refractivity contribution in [2.75, 3.05) is 26.2 Å². The summed E-state index contributed by atoms with van der Waals surface area (Å²) in [6.45, 7) is 4.18. The number of piperidine rings is 3. The zero-order chi connectivity index (χ0) is 24.8.